The Kier molecular flexibility index (Phi) is 8.42. The molecule has 1 amide bonds. The molecule has 0 radical (unpaired) electrons. The zero-order chi connectivity index (χ0) is 24.7. The lowest BCUT2D eigenvalue weighted by Gasteiger charge is -2.13. The molecule has 1 aromatic carbocycles. The predicted octanol–water partition coefficient (Wildman–Crippen LogP) is 4.01. The fourth-order valence-electron chi connectivity index (χ4n) is 3.04. The average Bonchev–Trinajstić information content (AvgIpc) is 3.31. The maximum atomic E-state index is 12.4. The summed E-state index contributed by atoms with van der Waals surface area (Å²) in [4.78, 5) is 32.6. The average molecular weight is 487 g/mol. The van der Waals surface area contributed by atoms with Crippen molar-refractivity contribution in [2.24, 2.45) is 0 Å². The Bertz CT molecular complexity index is 1160. The van der Waals surface area contributed by atoms with Crippen molar-refractivity contribution in [3.8, 4) is 17.0 Å². The van der Waals surface area contributed by atoms with Crippen LogP contribution < -0.4 is 15.4 Å². The molecule has 180 valence electrons. The molecule has 0 saturated heterocycles. The summed E-state index contributed by atoms with van der Waals surface area (Å²) in [5, 5.41) is 10.5. The molecule has 3 rings (SSSR count). The van der Waals surface area contributed by atoms with Crippen molar-refractivity contribution >= 4 is 35.1 Å². The van der Waals surface area contributed by atoms with Gasteiger partial charge in [-0.25, -0.2) is 9.97 Å². The van der Waals surface area contributed by atoms with Crippen molar-refractivity contribution < 1.29 is 19.1 Å². The van der Waals surface area contributed by atoms with Crippen LogP contribution in [-0.4, -0.2) is 51.9 Å². The van der Waals surface area contributed by atoms with Crippen molar-refractivity contribution in [2.45, 2.75) is 33.2 Å². The van der Waals surface area contributed by atoms with Crippen LogP contribution in [0.25, 0.3) is 11.3 Å². The summed E-state index contributed by atoms with van der Waals surface area (Å²) in [6.07, 6.45) is 5.19. The Labute approximate surface area is 202 Å². The minimum Gasteiger partial charge on any atom is -0.495 e. The predicted molar refractivity (Wildman–Crippen MR) is 129 cm³/mol. The molecule has 0 aliphatic rings. The van der Waals surface area contributed by atoms with Crippen molar-refractivity contribution in [3.05, 3.63) is 47.4 Å². The van der Waals surface area contributed by atoms with E-state index in [1.54, 1.807) is 31.3 Å². The van der Waals surface area contributed by atoms with Crippen LogP contribution in [0.4, 0.5) is 11.6 Å². The van der Waals surface area contributed by atoms with Gasteiger partial charge in [-0.2, -0.15) is 5.10 Å². The number of hydrogen-bond acceptors (Lipinski definition) is 8. The topological polar surface area (TPSA) is 120 Å². The molecule has 0 fully saturated rings. The third-order valence-corrected chi connectivity index (χ3v) is 5.05. The fraction of sp³-hybridized carbons (Fsp3) is 0.348. The van der Waals surface area contributed by atoms with Gasteiger partial charge in [0.2, 0.25) is 5.95 Å². The number of aromatic nitrogens is 4. The van der Waals surface area contributed by atoms with E-state index in [0.717, 1.165) is 5.56 Å². The smallest absolute Gasteiger partial charge is 0.307 e. The maximum Gasteiger partial charge on any atom is 0.307 e. The van der Waals surface area contributed by atoms with E-state index in [0.29, 0.717) is 40.3 Å². The molecular weight excluding hydrogens is 460 g/mol. The first-order valence-corrected chi connectivity index (χ1v) is 11.2. The molecule has 34 heavy (non-hydrogen) atoms. The van der Waals surface area contributed by atoms with Crippen LogP contribution in [0.2, 0.25) is 5.02 Å². The molecular formula is C23H27ClN6O4. The summed E-state index contributed by atoms with van der Waals surface area (Å²) >= 11 is 6.33. The second-order valence-electron chi connectivity index (χ2n) is 7.54. The number of carbonyl (C=O) groups is 2. The number of carbonyl (C=O) groups excluding carboxylic acids is 2. The van der Waals surface area contributed by atoms with Crippen LogP contribution in [0, 0.1) is 0 Å². The van der Waals surface area contributed by atoms with Gasteiger partial charge < -0.3 is 20.1 Å². The number of rotatable bonds is 10. The molecule has 0 bridgehead atoms. The SMILES string of the molecule is CCOC(=O)CCNC(=O)c1ccc(Nc2ncc(Cl)c(-c3cnn(C(C)C)c3)n2)c(OC)c1. The Morgan fingerprint density at radius 1 is 1.24 bits per heavy atom. The first-order valence-electron chi connectivity index (χ1n) is 10.8. The van der Waals surface area contributed by atoms with Gasteiger partial charge >= 0.3 is 5.97 Å². The Morgan fingerprint density at radius 2 is 2.03 bits per heavy atom. The normalized spacial score (nSPS) is 10.8. The molecule has 2 N–H and O–H groups in total. The number of methoxy groups -OCH3 is 1. The number of ether oxygens (including phenoxy) is 2. The quantitative estimate of drug-likeness (QED) is 0.412. The largest absolute Gasteiger partial charge is 0.495 e. The molecule has 0 aliphatic carbocycles. The standard InChI is InChI=1S/C23H27ClN6O4/c1-5-34-20(31)8-9-25-22(32)15-6-7-18(19(10-15)33-4)28-23-26-12-17(24)21(29-23)16-11-27-30(13-16)14(2)3/h6-7,10-14H,5,8-9H2,1-4H3,(H,25,32)(H,26,28,29). The van der Waals surface area contributed by atoms with E-state index in [2.05, 4.69) is 25.7 Å². The Hall–Kier alpha value is -3.66. The van der Waals surface area contributed by atoms with Crippen LogP contribution in [-0.2, 0) is 9.53 Å². The first-order chi connectivity index (χ1) is 16.3. The molecule has 11 heteroatoms. The number of nitrogens with zero attached hydrogens (tertiary/aromatic N) is 4. The van der Waals surface area contributed by atoms with E-state index >= 15 is 0 Å². The molecule has 2 aromatic heterocycles. The summed E-state index contributed by atoms with van der Waals surface area (Å²) in [6.45, 7) is 6.27. The van der Waals surface area contributed by atoms with Gasteiger partial charge in [0.25, 0.3) is 5.91 Å². The van der Waals surface area contributed by atoms with E-state index in [4.69, 9.17) is 21.1 Å². The van der Waals surface area contributed by atoms with Crippen molar-refractivity contribution in [3.63, 3.8) is 0 Å². The van der Waals surface area contributed by atoms with Gasteiger partial charge in [-0.05, 0) is 39.0 Å². The van der Waals surface area contributed by atoms with Gasteiger partial charge in [-0.15, -0.1) is 0 Å². The number of anilines is 2. The maximum absolute atomic E-state index is 12.4. The number of halogens is 1. The number of hydrogen-bond donors (Lipinski definition) is 2. The second-order valence-corrected chi connectivity index (χ2v) is 7.95. The summed E-state index contributed by atoms with van der Waals surface area (Å²) < 4.78 is 12.1. The number of amides is 1. The zero-order valence-corrected chi connectivity index (χ0v) is 20.2. The number of benzene rings is 1. The van der Waals surface area contributed by atoms with Gasteiger partial charge in [-0.1, -0.05) is 11.6 Å². The molecule has 0 atom stereocenters. The monoisotopic (exact) mass is 486 g/mol. The van der Waals surface area contributed by atoms with Gasteiger partial charge in [0.05, 0.1) is 48.9 Å². The van der Waals surface area contributed by atoms with Gasteiger partial charge in [0.1, 0.15) is 5.75 Å². The second kappa shape index (κ2) is 11.5. The number of esters is 1. The highest BCUT2D eigenvalue weighted by Crippen LogP contribution is 2.30. The molecule has 0 aliphatic heterocycles. The summed E-state index contributed by atoms with van der Waals surface area (Å²) in [5.74, 6) is 0.0348. The lowest BCUT2D eigenvalue weighted by atomic mass is 10.1. The highest BCUT2D eigenvalue weighted by Gasteiger charge is 2.15. The minimum absolute atomic E-state index is 0.0999. The van der Waals surface area contributed by atoms with Crippen LogP contribution in [0.5, 0.6) is 5.75 Å². The van der Waals surface area contributed by atoms with Crippen LogP contribution in [0.1, 0.15) is 43.6 Å². The minimum atomic E-state index is -0.362. The zero-order valence-electron chi connectivity index (χ0n) is 19.5. The molecule has 0 saturated carbocycles. The Morgan fingerprint density at radius 3 is 2.71 bits per heavy atom. The van der Waals surface area contributed by atoms with Gasteiger partial charge in [-0.3, -0.25) is 14.3 Å². The molecule has 0 unspecified atom stereocenters. The van der Waals surface area contributed by atoms with E-state index < -0.39 is 0 Å². The van der Waals surface area contributed by atoms with E-state index in [-0.39, 0.29) is 30.9 Å². The van der Waals surface area contributed by atoms with Crippen LogP contribution >= 0.6 is 11.6 Å². The Balaban J connectivity index is 1.74. The molecule has 0 spiro atoms. The third-order valence-electron chi connectivity index (χ3n) is 4.78. The molecule has 10 nitrogen and oxygen atoms in total. The van der Waals surface area contributed by atoms with E-state index in [9.17, 15) is 9.59 Å². The van der Waals surface area contributed by atoms with Gasteiger partial charge in [0.15, 0.2) is 0 Å². The first kappa shape index (κ1) is 25.0. The van der Waals surface area contributed by atoms with Crippen LogP contribution in [0.3, 0.4) is 0 Å². The lowest BCUT2D eigenvalue weighted by molar-refractivity contribution is -0.142. The van der Waals surface area contributed by atoms with Crippen molar-refractivity contribution in [1.29, 1.82) is 0 Å². The number of nitrogens with one attached hydrogen (secondary N) is 2. The summed E-state index contributed by atoms with van der Waals surface area (Å²) in [5.41, 5.74) is 2.26. The third kappa shape index (κ3) is 6.22. The highest BCUT2D eigenvalue weighted by molar-refractivity contribution is 6.32. The lowest BCUT2D eigenvalue weighted by Crippen LogP contribution is -2.26. The summed E-state index contributed by atoms with van der Waals surface area (Å²) in [7, 11) is 1.50. The van der Waals surface area contributed by atoms with Crippen molar-refractivity contribution in [1.82, 2.24) is 25.1 Å². The van der Waals surface area contributed by atoms with E-state index in [1.807, 2.05) is 24.7 Å². The van der Waals surface area contributed by atoms with Crippen molar-refractivity contribution in [2.75, 3.05) is 25.6 Å². The van der Waals surface area contributed by atoms with E-state index in [1.165, 1.54) is 13.3 Å². The van der Waals surface area contributed by atoms with Gasteiger partial charge in [0, 0.05) is 29.9 Å². The van der Waals surface area contributed by atoms with Crippen LogP contribution in [0.15, 0.2) is 36.8 Å². The fourth-order valence-corrected chi connectivity index (χ4v) is 3.24. The molecule has 3 aromatic rings. The molecule has 2 heterocycles. The highest BCUT2D eigenvalue weighted by atomic mass is 35.5. The summed E-state index contributed by atoms with van der Waals surface area (Å²) in [6, 6.07) is 5.12.